The Morgan fingerprint density at radius 1 is 1.17 bits per heavy atom. The van der Waals surface area contributed by atoms with Gasteiger partial charge in [0.05, 0.1) is 12.1 Å². The predicted molar refractivity (Wildman–Crippen MR) is 94.1 cm³/mol. The first-order valence-corrected chi connectivity index (χ1v) is 7.95. The molecule has 5 nitrogen and oxygen atoms in total. The average molecular weight is 342 g/mol. The van der Waals surface area contributed by atoms with Crippen LogP contribution in [0.4, 0.5) is 5.69 Å². The zero-order valence-electron chi connectivity index (χ0n) is 12.9. The molecule has 3 rings (SSSR count). The second-order valence-electron chi connectivity index (χ2n) is 5.53. The third-order valence-corrected chi connectivity index (χ3v) is 4.07. The Hall–Kier alpha value is -2.66. The van der Waals surface area contributed by atoms with Crippen LogP contribution in [0.5, 0.6) is 0 Å². The molecule has 1 aliphatic rings. The minimum Gasteiger partial charge on any atom is -0.312 e. The van der Waals surface area contributed by atoms with E-state index in [1.54, 1.807) is 35.4 Å². The minimum absolute atomic E-state index is 0.0527. The topological polar surface area (TPSA) is 61.8 Å². The molecule has 1 N–H and O–H groups in total. The molecule has 6 heteroatoms. The first-order valence-electron chi connectivity index (χ1n) is 7.57. The minimum atomic E-state index is -0.403. The molecule has 1 fully saturated rings. The van der Waals surface area contributed by atoms with Crippen molar-refractivity contribution in [3.8, 4) is 0 Å². The highest BCUT2D eigenvalue weighted by atomic mass is 35.5. The number of carbonyl (C=O) groups excluding carboxylic acids is 2. The van der Waals surface area contributed by atoms with Crippen LogP contribution in [0, 0.1) is 5.92 Å². The molecule has 1 aliphatic heterocycles. The Balaban J connectivity index is 1.58. The molecule has 0 radical (unpaired) electrons. The van der Waals surface area contributed by atoms with E-state index in [2.05, 4.69) is 10.5 Å². The van der Waals surface area contributed by atoms with E-state index in [0.29, 0.717) is 11.6 Å². The molecule has 24 heavy (non-hydrogen) atoms. The maximum atomic E-state index is 12.2. The summed E-state index contributed by atoms with van der Waals surface area (Å²) < 4.78 is 0. The van der Waals surface area contributed by atoms with Crippen LogP contribution in [0.1, 0.15) is 12.0 Å². The lowest BCUT2D eigenvalue weighted by Crippen LogP contribution is -2.30. The second kappa shape index (κ2) is 7.27. The van der Waals surface area contributed by atoms with Crippen LogP contribution < -0.4 is 10.3 Å². The second-order valence-corrected chi connectivity index (χ2v) is 5.96. The standard InChI is InChI=1S/C18H16ClN3O2/c19-15-8-6-13(7-9-15)11-20-21-18(24)14-10-17(23)22(12-14)16-4-2-1-3-5-16/h1-9,11,14H,10,12H2,(H,21,24)/b20-11-/t14-/m0/s1. The number of hydrogen-bond acceptors (Lipinski definition) is 3. The number of rotatable bonds is 4. The fourth-order valence-electron chi connectivity index (χ4n) is 2.55. The Kier molecular flexibility index (Phi) is 4.91. The highest BCUT2D eigenvalue weighted by Crippen LogP contribution is 2.24. The van der Waals surface area contributed by atoms with E-state index in [4.69, 9.17) is 11.6 Å². The highest BCUT2D eigenvalue weighted by Gasteiger charge is 2.34. The zero-order valence-corrected chi connectivity index (χ0v) is 13.6. The third kappa shape index (κ3) is 3.81. The molecule has 122 valence electrons. The largest absolute Gasteiger partial charge is 0.312 e. The van der Waals surface area contributed by atoms with Crippen LogP contribution >= 0.6 is 11.6 Å². The maximum absolute atomic E-state index is 12.2. The number of carbonyl (C=O) groups is 2. The monoisotopic (exact) mass is 341 g/mol. The van der Waals surface area contributed by atoms with Crippen molar-refractivity contribution in [3.63, 3.8) is 0 Å². The van der Waals surface area contributed by atoms with Crippen molar-refractivity contribution in [1.29, 1.82) is 0 Å². The number of hydrogen-bond donors (Lipinski definition) is 1. The molecule has 0 unspecified atom stereocenters. The SMILES string of the molecule is O=C(N/N=C\c1ccc(Cl)cc1)[C@H]1CC(=O)N(c2ccccc2)C1. The molecule has 1 heterocycles. The van der Waals surface area contributed by atoms with Crippen LogP contribution in [0.25, 0.3) is 0 Å². The smallest absolute Gasteiger partial charge is 0.245 e. The summed E-state index contributed by atoms with van der Waals surface area (Å²) in [7, 11) is 0. The normalized spacial score (nSPS) is 17.5. The van der Waals surface area contributed by atoms with E-state index in [9.17, 15) is 9.59 Å². The van der Waals surface area contributed by atoms with Gasteiger partial charge in [0.2, 0.25) is 11.8 Å². The van der Waals surface area contributed by atoms with Gasteiger partial charge in [-0.2, -0.15) is 5.10 Å². The van der Waals surface area contributed by atoms with E-state index in [1.165, 1.54) is 0 Å². The summed E-state index contributed by atoms with van der Waals surface area (Å²) in [5.41, 5.74) is 4.13. The van der Waals surface area contributed by atoms with E-state index in [-0.39, 0.29) is 18.2 Å². The Bertz CT molecular complexity index is 760. The number of amides is 2. The summed E-state index contributed by atoms with van der Waals surface area (Å²) in [5, 5.41) is 4.58. The fraction of sp³-hybridized carbons (Fsp3) is 0.167. The molecular formula is C18H16ClN3O2. The first-order chi connectivity index (χ1) is 11.6. The van der Waals surface area contributed by atoms with Gasteiger partial charge < -0.3 is 4.90 Å². The molecule has 0 spiro atoms. The van der Waals surface area contributed by atoms with Gasteiger partial charge in [0.25, 0.3) is 0 Å². The first kappa shape index (κ1) is 16.2. The van der Waals surface area contributed by atoms with Crippen LogP contribution in [0.2, 0.25) is 5.02 Å². The summed E-state index contributed by atoms with van der Waals surface area (Å²) in [5.74, 6) is -0.713. The predicted octanol–water partition coefficient (Wildman–Crippen LogP) is 2.84. The Morgan fingerprint density at radius 2 is 1.88 bits per heavy atom. The third-order valence-electron chi connectivity index (χ3n) is 3.82. The summed E-state index contributed by atoms with van der Waals surface area (Å²) in [6.45, 7) is 0.366. The van der Waals surface area contributed by atoms with Crippen molar-refractivity contribution in [1.82, 2.24) is 5.43 Å². The van der Waals surface area contributed by atoms with Crippen molar-refractivity contribution in [2.75, 3.05) is 11.4 Å². The van der Waals surface area contributed by atoms with Crippen molar-refractivity contribution in [2.45, 2.75) is 6.42 Å². The number of halogens is 1. The van der Waals surface area contributed by atoms with Gasteiger partial charge in [-0.05, 0) is 29.8 Å². The lowest BCUT2D eigenvalue weighted by atomic mass is 10.1. The number of nitrogens with one attached hydrogen (secondary N) is 1. The van der Waals surface area contributed by atoms with Crippen LogP contribution in [-0.4, -0.2) is 24.6 Å². The van der Waals surface area contributed by atoms with Crippen LogP contribution in [-0.2, 0) is 9.59 Å². The van der Waals surface area contributed by atoms with Crippen molar-refractivity contribution >= 4 is 35.3 Å². The number of benzene rings is 2. The maximum Gasteiger partial charge on any atom is 0.245 e. The zero-order chi connectivity index (χ0) is 16.9. The van der Waals surface area contributed by atoms with E-state index >= 15 is 0 Å². The van der Waals surface area contributed by atoms with Crippen molar-refractivity contribution < 1.29 is 9.59 Å². The molecule has 2 aromatic rings. The van der Waals surface area contributed by atoms with E-state index in [1.807, 2.05) is 30.3 Å². The van der Waals surface area contributed by atoms with Crippen LogP contribution in [0.3, 0.4) is 0 Å². The molecule has 0 saturated carbocycles. The molecule has 2 amide bonds. The summed E-state index contributed by atoms with van der Waals surface area (Å²) >= 11 is 5.81. The lowest BCUT2D eigenvalue weighted by Gasteiger charge is -2.16. The summed E-state index contributed by atoms with van der Waals surface area (Å²) in [6, 6.07) is 16.4. The van der Waals surface area contributed by atoms with Gasteiger partial charge in [0, 0.05) is 23.7 Å². The van der Waals surface area contributed by atoms with E-state index in [0.717, 1.165) is 11.3 Å². The average Bonchev–Trinajstić information content (AvgIpc) is 2.99. The Labute approximate surface area is 144 Å². The summed E-state index contributed by atoms with van der Waals surface area (Å²) in [6.07, 6.45) is 1.73. The number of nitrogens with zero attached hydrogens (tertiary/aromatic N) is 2. The van der Waals surface area contributed by atoms with Crippen molar-refractivity contribution in [3.05, 3.63) is 65.2 Å². The molecule has 0 bridgehead atoms. The molecule has 1 saturated heterocycles. The quantitative estimate of drug-likeness (QED) is 0.686. The fourth-order valence-corrected chi connectivity index (χ4v) is 2.68. The highest BCUT2D eigenvalue weighted by molar-refractivity contribution is 6.30. The molecular weight excluding hydrogens is 326 g/mol. The Morgan fingerprint density at radius 3 is 2.58 bits per heavy atom. The molecule has 1 atom stereocenters. The number of anilines is 1. The van der Waals surface area contributed by atoms with Crippen molar-refractivity contribution in [2.24, 2.45) is 11.0 Å². The number of para-hydroxylation sites is 1. The van der Waals surface area contributed by atoms with Gasteiger partial charge in [0.1, 0.15) is 0 Å². The van der Waals surface area contributed by atoms with Gasteiger partial charge in [-0.15, -0.1) is 0 Å². The lowest BCUT2D eigenvalue weighted by molar-refractivity contribution is -0.126. The van der Waals surface area contributed by atoms with Crippen LogP contribution in [0.15, 0.2) is 59.7 Å². The molecule has 0 aliphatic carbocycles. The van der Waals surface area contributed by atoms with E-state index < -0.39 is 5.92 Å². The number of hydrazone groups is 1. The summed E-state index contributed by atoms with van der Waals surface area (Å²) in [4.78, 5) is 25.9. The molecule has 0 aromatic heterocycles. The van der Waals surface area contributed by atoms with Gasteiger partial charge >= 0.3 is 0 Å². The van der Waals surface area contributed by atoms with Gasteiger partial charge in [-0.25, -0.2) is 5.43 Å². The van der Waals surface area contributed by atoms with Gasteiger partial charge in [-0.1, -0.05) is 41.9 Å². The van der Waals surface area contributed by atoms with Gasteiger partial charge in [0.15, 0.2) is 0 Å². The molecule has 2 aromatic carbocycles. The van der Waals surface area contributed by atoms with Gasteiger partial charge in [-0.3, -0.25) is 9.59 Å².